The highest BCUT2D eigenvalue weighted by Crippen LogP contribution is 2.22. The lowest BCUT2D eigenvalue weighted by molar-refractivity contribution is 0.240. The molecule has 27 heavy (non-hydrogen) atoms. The minimum atomic E-state index is 0.641. The lowest BCUT2D eigenvalue weighted by Gasteiger charge is -2.36. The van der Waals surface area contributed by atoms with Gasteiger partial charge in [-0.3, -0.25) is 9.88 Å². The molecule has 0 saturated carbocycles. The second kappa shape index (κ2) is 8.68. The summed E-state index contributed by atoms with van der Waals surface area (Å²) in [5.41, 5.74) is 2.46. The van der Waals surface area contributed by atoms with Gasteiger partial charge in [0.1, 0.15) is 12.4 Å². The molecule has 0 amide bonds. The lowest BCUT2D eigenvalue weighted by atomic mass is 10.1. The van der Waals surface area contributed by atoms with Gasteiger partial charge in [0.2, 0.25) is 0 Å². The largest absolute Gasteiger partial charge is 0.491 e. The van der Waals surface area contributed by atoms with Crippen molar-refractivity contribution >= 4 is 5.69 Å². The highest BCUT2D eigenvalue weighted by atomic mass is 16.5. The molecule has 0 unspecified atom stereocenters. The van der Waals surface area contributed by atoms with Crippen molar-refractivity contribution < 1.29 is 4.74 Å². The van der Waals surface area contributed by atoms with Crippen molar-refractivity contribution in [2.75, 3.05) is 37.7 Å². The van der Waals surface area contributed by atoms with Crippen LogP contribution in [0.5, 0.6) is 5.75 Å². The monoisotopic (exact) mass is 363 g/mol. The minimum absolute atomic E-state index is 0.641. The van der Waals surface area contributed by atoms with Gasteiger partial charge in [0, 0.05) is 56.9 Å². The molecule has 1 aliphatic rings. The number of piperazine rings is 1. The van der Waals surface area contributed by atoms with Crippen molar-refractivity contribution in [3.05, 3.63) is 73.1 Å². The molecule has 1 aromatic carbocycles. The molecule has 0 atom stereocenters. The molecule has 0 N–H and O–H groups in total. The fourth-order valence-electron chi connectivity index (χ4n) is 3.40. The van der Waals surface area contributed by atoms with E-state index >= 15 is 0 Å². The van der Waals surface area contributed by atoms with Crippen LogP contribution in [0.4, 0.5) is 5.69 Å². The number of benzene rings is 1. The number of aromatic nitrogens is 3. The van der Waals surface area contributed by atoms with Crippen LogP contribution in [0.25, 0.3) is 0 Å². The zero-order valence-electron chi connectivity index (χ0n) is 15.4. The van der Waals surface area contributed by atoms with Gasteiger partial charge in [-0.2, -0.15) is 0 Å². The molecule has 0 aliphatic carbocycles. The van der Waals surface area contributed by atoms with Crippen molar-refractivity contribution in [2.24, 2.45) is 0 Å². The molecule has 2 aromatic heterocycles. The number of imidazole rings is 1. The van der Waals surface area contributed by atoms with E-state index in [0.29, 0.717) is 6.61 Å². The number of para-hydroxylation sites is 1. The van der Waals surface area contributed by atoms with Crippen molar-refractivity contribution in [3.8, 4) is 5.75 Å². The normalized spacial score (nSPS) is 15.0. The molecule has 0 bridgehead atoms. The Morgan fingerprint density at radius 3 is 2.59 bits per heavy atom. The second-order valence-electron chi connectivity index (χ2n) is 6.73. The van der Waals surface area contributed by atoms with E-state index in [1.165, 1.54) is 11.3 Å². The van der Waals surface area contributed by atoms with Crippen LogP contribution in [0.1, 0.15) is 5.56 Å². The molecular weight excluding hydrogens is 338 g/mol. The highest BCUT2D eigenvalue weighted by molar-refractivity contribution is 5.44. The average molecular weight is 363 g/mol. The molecule has 3 aromatic rings. The molecular formula is C21H25N5O. The Hall–Kier alpha value is -2.86. The number of ether oxygens (including phenoxy) is 1. The topological polar surface area (TPSA) is 46.4 Å². The van der Waals surface area contributed by atoms with Crippen LogP contribution in [0.15, 0.2) is 67.5 Å². The standard InChI is InChI=1S/C21H25N5O/c1-2-6-21(27-15-14-25-9-8-23-18-25)19(4-1)17-24-10-12-26(13-11-24)20-5-3-7-22-16-20/h1-9,16,18H,10-15,17H2. The van der Waals surface area contributed by atoms with Crippen molar-refractivity contribution in [1.29, 1.82) is 0 Å². The number of anilines is 1. The van der Waals surface area contributed by atoms with E-state index in [2.05, 4.69) is 44.0 Å². The number of nitrogens with zero attached hydrogens (tertiary/aromatic N) is 5. The van der Waals surface area contributed by atoms with Gasteiger partial charge < -0.3 is 14.2 Å². The molecule has 4 rings (SSSR count). The Balaban J connectivity index is 1.31. The van der Waals surface area contributed by atoms with E-state index in [9.17, 15) is 0 Å². The van der Waals surface area contributed by atoms with E-state index in [0.717, 1.165) is 45.0 Å². The van der Waals surface area contributed by atoms with Crippen LogP contribution < -0.4 is 9.64 Å². The molecule has 6 heteroatoms. The third-order valence-electron chi connectivity index (χ3n) is 4.92. The predicted octanol–water partition coefficient (Wildman–Crippen LogP) is 2.68. The van der Waals surface area contributed by atoms with Gasteiger partial charge in [-0.25, -0.2) is 4.98 Å². The first-order valence-electron chi connectivity index (χ1n) is 9.42. The molecule has 1 fully saturated rings. The van der Waals surface area contributed by atoms with Crippen molar-refractivity contribution in [2.45, 2.75) is 13.1 Å². The van der Waals surface area contributed by atoms with E-state index < -0.39 is 0 Å². The summed E-state index contributed by atoms with van der Waals surface area (Å²) in [6.45, 7) is 6.49. The molecule has 3 heterocycles. The number of rotatable bonds is 7. The first kappa shape index (κ1) is 17.5. The summed E-state index contributed by atoms with van der Waals surface area (Å²) in [4.78, 5) is 13.2. The highest BCUT2D eigenvalue weighted by Gasteiger charge is 2.18. The van der Waals surface area contributed by atoms with Crippen LogP contribution in [0, 0.1) is 0 Å². The summed E-state index contributed by atoms with van der Waals surface area (Å²) in [5.74, 6) is 0.979. The summed E-state index contributed by atoms with van der Waals surface area (Å²) in [6, 6.07) is 12.5. The van der Waals surface area contributed by atoms with Crippen LogP contribution in [-0.4, -0.2) is 52.2 Å². The van der Waals surface area contributed by atoms with Gasteiger partial charge in [-0.05, 0) is 18.2 Å². The summed E-state index contributed by atoms with van der Waals surface area (Å²) in [5, 5.41) is 0. The number of hydrogen-bond donors (Lipinski definition) is 0. The minimum Gasteiger partial charge on any atom is -0.491 e. The van der Waals surface area contributed by atoms with E-state index in [1.54, 1.807) is 6.20 Å². The van der Waals surface area contributed by atoms with Gasteiger partial charge in [-0.1, -0.05) is 18.2 Å². The van der Waals surface area contributed by atoms with Gasteiger partial charge in [0.15, 0.2) is 0 Å². The molecule has 6 nitrogen and oxygen atoms in total. The zero-order valence-corrected chi connectivity index (χ0v) is 15.4. The Bertz CT molecular complexity index is 814. The van der Waals surface area contributed by atoms with Crippen LogP contribution in [0.3, 0.4) is 0 Å². The molecule has 1 aliphatic heterocycles. The fourth-order valence-corrected chi connectivity index (χ4v) is 3.40. The maximum absolute atomic E-state index is 6.05. The van der Waals surface area contributed by atoms with E-state index in [4.69, 9.17) is 4.74 Å². The Morgan fingerprint density at radius 1 is 0.926 bits per heavy atom. The smallest absolute Gasteiger partial charge is 0.123 e. The first-order valence-corrected chi connectivity index (χ1v) is 9.42. The van der Waals surface area contributed by atoms with Crippen LogP contribution >= 0.6 is 0 Å². The van der Waals surface area contributed by atoms with E-state index in [-0.39, 0.29) is 0 Å². The number of hydrogen-bond acceptors (Lipinski definition) is 5. The zero-order chi connectivity index (χ0) is 18.3. The van der Waals surface area contributed by atoms with Crippen LogP contribution in [-0.2, 0) is 13.1 Å². The SMILES string of the molecule is c1cncc(N2CCN(Cc3ccccc3OCCn3ccnc3)CC2)c1. The number of pyridine rings is 1. The maximum Gasteiger partial charge on any atom is 0.123 e. The summed E-state index contributed by atoms with van der Waals surface area (Å²) < 4.78 is 8.08. The summed E-state index contributed by atoms with van der Waals surface area (Å²) in [6.07, 6.45) is 9.33. The van der Waals surface area contributed by atoms with Gasteiger partial charge in [0.25, 0.3) is 0 Å². The predicted molar refractivity (Wildman–Crippen MR) is 106 cm³/mol. The lowest BCUT2D eigenvalue weighted by Crippen LogP contribution is -2.46. The summed E-state index contributed by atoms with van der Waals surface area (Å²) in [7, 11) is 0. The quantitative estimate of drug-likeness (QED) is 0.646. The van der Waals surface area contributed by atoms with Gasteiger partial charge >= 0.3 is 0 Å². The second-order valence-corrected chi connectivity index (χ2v) is 6.73. The molecule has 1 saturated heterocycles. The maximum atomic E-state index is 6.05. The van der Waals surface area contributed by atoms with Gasteiger partial charge in [-0.15, -0.1) is 0 Å². The Labute approximate surface area is 160 Å². The van der Waals surface area contributed by atoms with Crippen LogP contribution in [0.2, 0.25) is 0 Å². The average Bonchev–Trinajstić information content (AvgIpc) is 3.24. The van der Waals surface area contributed by atoms with Crippen molar-refractivity contribution in [3.63, 3.8) is 0 Å². The Morgan fingerprint density at radius 2 is 1.81 bits per heavy atom. The molecule has 140 valence electrons. The van der Waals surface area contributed by atoms with Gasteiger partial charge in [0.05, 0.1) is 24.8 Å². The third-order valence-corrected chi connectivity index (χ3v) is 4.92. The van der Waals surface area contributed by atoms with E-state index in [1.807, 2.05) is 41.6 Å². The molecule has 0 radical (unpaired) electrons. The Kier molecular flexibility index (Phi) is 5.64. The third kappa shape index (κ3) is 4.65. The fraction of sp³-hybridized carbons (Fsp3) is 0.333. The van der Waals surface area contributed by atoms with Crippen molar-refractivity contribution in [1.82, 2.24) is 19.4 Å². The first-order chi connectivity index (χ1) is 13.4. The summed E-state index contributed by atoms with van der Waals surface area (Å²) >= 11 is 0. The molecule has 0 spiro atoms.